The third kappa shape index (κ3) is 3.89. The van der Waals surface area contributed by atoms with Gasteiger partial charge in [0.2, 0.25) is 0 Å². The van der Waals surface area contributed by atoms with Gasteiger partial charge in [0.25, 0.3) is 5.91 Å². The van der Waals surface area contributed by atoms with E-state index < -0.39 is 12.6 Å². The first-order valence-electron chi connectivity index (χ1n) is 5.98. The molecule has 1 saturated heterocycles. The van der Waals surface area contributed by atoms with Gasteiger partial charge in [-0.25, -0.2) is 4.79 Å². The predicted octanol–water partition coefficient (Wildman–Crippen LogP) is 1.34. The number of benzene rings is 1. The zero-order valence-corrected chi connectivity index (χ0v) is 11.2. The van der Waals surface area contributed by atoms with Gasteiger partial charge in [-0.1, -0.05) is 6.07 Å². The van der Waals surface area contributed by atoms with E-state index in [1.54, 1.807) is 24.3 Å². The maximum Gasteiger partial charge on any atom is 0.341 e. The molecular weight excluding hydrogens is 266 g/mol. The molecule has 0 unspecified atom stereocenters. The molecular formula is C13H15NO4S. The first-order chi connectivity index (χ1) is 9.16. The molecule has 1 heterocycles. The van der Waals surface area contributed by atoms with Crippen molar-refractivity contribution in [2.45, 2.75) is 0 Å². The largest absolute Gasteiger partial charge is 0.482 e. The van der Waals surface area contributed by atoms with Crippen LogP contribution in [0, 0.1) is 0 Å². The van der Waals surface area contributed by atoms with Gasteiger partial charge in [-0.15, -0.1) is 0 Å². The van der Waals surface area contributed by atoms with Crippen molar-refractivity contribution in [3.8, 4) is 5.75 Å². The summed E-state index contributed by atoms with van der Waals surface area (Å²) in [6, 6.07) is 6.65. The van der Waals surface area contributed by atoms with Gasteiger partial charge < -0.3 is 14.7 Å². The number of ether oxygens (including phenoxy) is 1. The highest BCUT2D eigenvalue weighted by atomic mass is 32.2. The highest BCUT2D eigenvalue weighted by molar-refractivity contribution is 7.99. The molecule has 1 amide bonds. The van der Waals surface area contributed by atoms with Crippen LogP contribution in [0.15, 0.2) is 24.3 Å². The zero-order valence-electron chi connectivity index (χ0n) is 10.4. The number of hydrogen-bond acceptors (Lipinski definition) is 4. The Hall–Kier alpha value is -1.69. The van der Waals surface area contributed by atoms with Crippen LogP contribution in [0.3, 0.4) is 0 Å². The fourth-order valence-electron chi connectivity index (χ4n) is 1.81. The lowest BCUT2D eigenvalue weighted by Gasteiger charge is -2.26. The average molecular weight is 281 g/mol. The molecule has 0 saturated carbocycles. The fourth-order valence-corrected chi connectivity index (χ4v) is 2.72. The molecule has 2 rings (SSSR count). The second-order valence-electron chi connectivity index (χ2n) is 4.11. The highest BCUT2D eigenvalue weighted by Gasteiger charge is 2.18. The first-order valence-corrected chi connectivity index (χ1v) is 7.14. The molecule has 6 heteroatoms. The minimum Gasteiger partial charge on any atom is -0.482 e. The SMILES string of the molecule is O=C(O)COc1cccc(C(=O)N2CCSCC2)c1. The maximum absolute atomic E-state index is 12.2. The topological polar surface area (TPSA) is 66.8 Å². The second kappa shape index (κ2) is 6.47. The van der Waals surface area contributed by atoms with E-state index in [1.807, 2.05) is 16.7 Å². The molecule has 19 heavy (non-hydrogen) atoms. The van der Waals surface area contributed by atoms with Crippen molar-refractivity contribution in [2.24, 2.45) is 0 Å². The van der Waals surface area contributed by atoms with E-state index in [-0.39, 0.29) is 5.91 Å². The Labute approximate surface area is 115 Å². The highest BCUT2D eigenvalue weighted by Crippen LogP contribution is 2.17. The Morgan fingerprint density at radius 2 is 2.05 bits per heavy atom. The molecule has 0 atom stereocenters. The van der Waals surface area contributed by atoms with Gasteiger partial charge in [0.05, 0.1) is 0 Å². The van der Waals surface area contributed by atoms with Crippen LogP contribution in [0.25, 0.3) is 0 Å². The Morgan fingerprint density at radius 3 is 2.74 bits per heavy atom. The third-order valence-electron chi connectivity index (χ3n) is 2.74. The minimum absolute atomic E-state index is 0.0268. The van der Waals surface area contributed by atoms with E-state index in [9.17, 15) is 9.59 Å². The van der Waals surface area contributed by atoms with Crippen LogP contribution in [-0.2, 0) is 4.79 Å². The number of amides is 1. The maximum atomic E-state index is 12.2. The Bertz CT molecular complexity index is 471. The summed E-state index contributed by atoms with van der Waals surface area (Å²) in [6.07, 6.45) is 0. The van der Waals surface area contributed by atoms with Crippen molar-refractivity contribution in [3.63, 3.8) is 0 Å². The monoisotopic (exact) mass is 281 g/mol. The van der Waals surface area contributed by atoms with Crippen molar-refractivity contribution in [1.82, 2.24) is 4.90 Å². The summed E-state index contributed by atoms with van der Waals surface area (Å²) in [5.41, 5.74) is 0.537. The van der Waals surface area contributed by atoms with Crippen molar-refractivity contribution in [1.29, 1.82) is 0 Å². The molecule has 1 aliphatic rings. The minimum atomic E-state index is -1.04. The summed E-state index contributed by atoms with van der Waals surface area (Å²) in [5.74, 6) is 1.26. The lowest BCUT2D eigenvalue weighted by atomic mass is 10.2. The molecule has 1 N–H and O–H groups in total. The van der Waals surface area contributed by atoms with Crippen LogP contribution in [0.4, 0.5) is 0 Å². The number of nitrogens with zero attached hydrogens (tertiary/aromatic N) is 1. The molecule has 0 radical (unpaired) electrons. The van der Waals surface area contributed by atoms with Crippen LogP contribution in [0.1, 0.15) is 10.4 Å². The quantitative estimate of drug-likeness (QED) is 0.902. The smallest absolute Gasteiger partial charge is 0.341 e. The molecule has 0 bridgehead atoms. The number of thioether (sulfide) groups is 1. The van der Waals surface area contributed by atoms with Gasteiger partial charge in [0.15, 0.2) is 6.61 Å². The van der Waals surface area contributed by atoms with Crippen molar-refractivity contribution < 1.29 is 19.4 Å². The first kappa shape index (κ1) is 13.7. The summed E-state index contributed by atoms with van der Waals surface area (Å²) in [4.78, 5) is 24.5. The summed E-state index contributed by atoms with van der Waals surface area (Å²) in [5, 5.41) is 8.55. The van der Waals surface area contributed by atoms with E-state index in [0.717, 1.165) is 24.6 Å². The molecule has 1 aliphatic heterocycles. The third-order valence-corrected chi connectivity index (χ3v) is 3.68. The summed E-state index contributed by atoms with van der Waals surface area (Å²) in [6.45, 7) is 1.10. The van der Waals surface area contributed by atoms with Crippen molar-refractivity contribution in [2.75, 3.05) is 31.2 Å². The molecule has 0 aliphatic carbocycles. The lowest BCUT2D eigenvalue weighted by Crippen LogP contribution is -2.37. The molecule has 0 spiro atoms. The standard InChI is InChI=1S/C13H15NO4S/c15-12(16)9-18-11-3-1-2-10(8-11)13(17)14-4-6-19-7-5-14/h1-3,8H,4-7,9H2,(H,15,16). The van der Waals surface area contributed by atoms with E-state index in [1.165, 1.54) is 0 Å². The summed E-state index contributed by atoms with van der Waals surface area (Å²) < 4.78 is 5.07. The van der Waals surface area contributed by atoms with Gasteiger partial charge >= 0.3 is 5.97 Å². The number of carboxylic acid groups (broad SMARTS) is 1. The second-order valence-corrected chi connectivity index (χ2v) is 5.34. The van der Waals surface area contributed by atoms with E-state index in [2.05, 4.69) is 0 Å². The molecule has 5 nitrogen and oxygen atoms in total. The van der Waals surface area contributed by atoms with Crippen LogP contribution >= 0.6 is 11.8 Å². The van der Waals surface area contributed by atoms with E-state index >= 15 is 0 Å². The van der Waals surface area contributed by atoms with Crippen LogP contribution in [-0.4, -0.2) is 53.1 Å². The average Bonchev–Trinajstić information content (AvgIpc) is 2.45. The normalized spacial score (nSPS) is 15.1. The number of rotatable bonds is 4. The van der Waals surface area contributed by atoms with Gasteiger partial charge in [-0.05, 0) is 18.2 Å². The number of aliphatic carboxylic acids is 1. The number of carboxylic acids is 1. The fraction of sp³-hybridized carbons (Fsp3) is 0.385. The molecule has 0 aromatic heterocycles. The number of carbonyl (C=O) groups is 2. The Kier molecular flexibility index (Phi) is 4.68. The van der Waals surface area contributed by atoms with Gasteiger partial charge in [0.1, 0.15) is 5.75 Å². The number of hydrogen-bond donors (Lipinski definition) is 1. The lowest BCUT2D eigenvalue weighted by molar-refractivity contribution is -0.139. The summed E-state index contributed by atoms with van der Waals surface area (Å²) in [7, 11) is 0. The molecule has 1 aromatic carbocycles. The zero-order chi connectivity index (χ0) is 13.7. The van der Waals surface area contributed by atoms with Crippen LogP contribution in [0.2, 0.25) is 0 Å². The van der Waals surface area contributed by atoms with E-state index in [0.29, 0.717) is 11.3 Å². The Morgan fingerprint density at radius 1 is 1.32 bits per heavy atom. The van der Waals surface area contributed by atoms with Crippen LogP contribution in [0.5, 0.6) is 5.75 Å². The van der Waals surface area contributed by atoms with Crippen molar-refractivity contribution >= 4 is 23.6 Å². The van der Waals surface area contributed by atoms with Gasteiger partial charge in [-0.3, -0.25) is 4.79 Å². The van der Waals surface area contributed by atoms with Gasteiger partial charge in [0, 0.05) is 30.2 Å². The van der Waals surface area contributed by atoms with Gasteiger partial charge in [-0.2, -0.15) is 11.8 Å². The predicted molar refractivity (Wildman–Crippen MR) is 72.8 cm³/mol. The molecule has 102 valence electrons. The number of carbonyl (C=O) groups excluding carboxylic acids is 1. The van der Waals surface area contributed by atoms with E-state index in [4.69, 9.17) is 9.84 Å². The summed E-state index contributed by atoms with van der Waals surface area (Å²) >= 11 is 1.84. The molecule has 1 fully saturated rings. The van der Waals surface area contributed by atoms with Crippen LogP contribution < -0.4 is 4.74 Å². The molecule has 1 aromatic rings. The Balaban J connectivity index is 2.04. The van der Waals surface area contributed by atoms with Crippen molar-refractivity contribution in [3.05, 3.63) is 29.8 Å².